The van der Waals surface area contributed by atoms with Gasteiger partial charge in [-0.3, -0.25) is 0 Å². The summed E-state index contributed by atoms with van der Waals surface area (Å²) in [6.07, 6.45) is 6.20. The first-order valence-corrected chi connectivity index (χ1v) is 7.10. The molecular weight excluding hydrogens is 241 g/mol. The van der Waals surface area contributed by atoms with Gasteiger partial charge in [0.25, 0.3) is 0 Å². The summed E-state index contributed by atoms with van der Waals surface area (Å²) in [5, 5.41) is 0. The number of hydrogen-bond donors (Lipinski definition) is 0. The van der Waals surface area contributed by atoms with Gasteiger partial charge in [0.2, 0.25) is 0 Å². The lowest BCUT2D eigenvalue weighted by Crippen LogP contribution is -2.27. The summed E-state index contributed by atoms with van der Waals surface area (Å²) in [6, 6.07) is 6.87. The predicted molar refractivity (Wildman–Crippen MR) is 71.3 cm³/mol. The van der Waals surface area contributed by atoms with Crippen LogP contribution in [-0.4, -0.2) is 36.7 Å². The third-order valence-electron chi connectivity index (χ3n) is 4.77. The minimum Gasteiger partial charge on any atom is -0.366 e. The summed E-state index contributed by atoms with van der Waals surface area (Å²) in [5.41, 5.74) is 1.22. The zero-order valence-corrected chi connectivity index (χ0v) is 10.8. The molecule has 4 unspecified atom stereocenters. The maximum absolute atomic E-state index is 12.8. The fourth-order valence-electron chi connectivity index (χ4n) is 3.74. The van der Waals surface area contributed by atoms with Crippen LogP contribution in [0.25, 0.3) is 0 Å². The standard InChI is InChI=1S/C16H18FNO/c17-12-3-1-11(2-4-12)7-8-18-9-13-14(10-18)16-6-5-15(13)19-16/h1-6,13-16H,7-10H2. The summed E-state index contributed by atoms with van der Waals surface area (Å²) in [5.74, 6) is 1.24. The van der Waals surface area contributed by atoms with Gasteiger partial charge in [-0.15, -0.1) is 0 Å². The molecule has 0 aliphatic carbocycles. The minimum atomic E-state index is -0.153. The molecule has 1 aromatic rings. The molecule has 0 amide bonds. The van der Waals surface area contributed by atoms with Crippen LogP contribution >= 0.6 is 0 Å². The van der Waals surface area contributed by atoms with Crippen molar-refractivity contribution in [3.8, 4) is 0 Å². The van der Waals surface area contributed by atoms with Crippen LogP contribution in [0.5, 0.6) is 0 Å². The number of halogens is 1. The van der Waals surface area contributed by atoms with Crippen LogP contribution in [0, 0.1) is 17.7 Å². The number of ether oxygens (including phenoxy) is 1. The Morgan fingerprint density at radius 2 is 1.68 bits per heavy atom. The van der Waals surface area contributed by atoms with Crippen LogP contribution in [0.3, 0.4) is 0 Å². The molecule has 3 heterocycles. The molecule has 3 heteroatoms. The second-order valence-electron chi connectivity index (χ2n) is 5.91. The molecule has 2 bridgehead atoms. The molecule has 0 spiro atoms. The van der Waals surface area contributed by atoms with E-state index in [1.54, 1.807) is 12.1 Å². The van der Waals surface area contributed by atoms with E-state index in [2.05, 4.69) is 17.1 Å². The predicted octanol–water partition coefficient (Wildman–Crippen LogP) is 2.25. The average molecular weight is 259 g/mol. The van der Waals surface area contributed by atoms with Crippen molar-refractivity contribution in [1.82, 2.24) is 4.90 Å². The van der Waals surface area contributed by atoms with Crippen LogP contribution in [0.4, 0.5) is 4.39 Å². The molecule has 19 heavy (non-hydrogen) atoms. The smallest absolute Gasteiger partial charge is 0.123 e. The lowest BCUT2D eigenvalue weighted by Gasteiger charge is -2.18. The van der Waals surface area contributed by atoms with Gasteiger partial charge in [-0.2, -0.15) is 0 Å². The number of fused-ring (bicyclic) bond motifs is 5. The fraction of sp³-hybridized carbons (Fsp3) is 0.500. The van der Waals surface area contributed by atoms with Gasteiger partial charge in [-0.25, -0.2) is 4.39 Å². The third kappa shape index (κ3) is 2.01. The number of likely N-dealkylation sites (tertiary alicyclic amines) is 1. The lowest BCUT2D eigenvalue weighted by atomic mass is 9.86. The molecule has 0 N–H and O–H groups in total. The molecule has 4 atom stereocenters. The molecule has 2 fully saturated rings. The average Bonchev–Trinajstić information content (AvgIpc) is 3.10. The van der Waals surface area contributed by atoms with E-state index < -0.39 is 0 Å². The van der Waals surface area contributed by atoms with Crippen molar-refractivity contribution >= 4 is 0 Å². The van der Waals surface area contributed by atoms with E-state index in [0.29, 0.717) is 24.0 Å². The zero-order valence-electron chi connectivity index (χ0n) is 10.8. The van der Waals surface area contributed by atoms with Crippen molar-refractivity contribution in [3.63, 3.8) is 0 Å². The number of benzene rings is 1. The summed E-state index contributed by atoms with van der Waals surface area (Å²) < 4.78 is 18.7. The molecule has 1 aromatic carbocycles. The van der Waals surface area contributed by atoms with Gasteiger partial charge < -0.3 is 9.64 Å². The van der Waals surface area contributed by atoms with Gasteiger partial charge in [0.05, 0.1) is 12.2 Å². The summed E-state index contributed by atoms with van der Waals surface area (Å²) in [7, 11) is 0. The minimum absolute atomic E-state index is 0.153. The Kier molecular flexibility index (Phi) is 2.71. The second-order valence-corrected chi connectivity index (χ2v) is 5.91. The Hall–Kier alpha value is -1.19. The SMILES string of the molecule is Fc1ccc(CCN2CC3C4C=CC(O4)C3C2)cc1. The highest BCUT2D eigenvalue weighted by molar-refractivity contribution is 5.18. The van der Waals surface area contributed by atoms with Crippen molar-refractivity contribution in [2.45, 2.75) is 18.6 Å². The summed E-state index contributed by atoms with van der Waals surface area (Å²) >= 11 is 0. The maximum atomic E-state index is 12.8. The highest BCUT2D eigenvalue weighted by Crippen LogP contribution is 2.43. The van der Waals surface area contributed by atoms with Gasteiger partial charge in [0.15, 0.2) is 0 Å². The Balaban J connectivity index is 1.35. The zero-order chi connectivity index (χ0) is 12.8. The van der Waals surface area contributed by atoms with Gasteiger partial charge in [-0.1, -0.05) is 24.3 Å². The Labute approximate surface area is 112 Å². The van der Waals surface area contributed by atoms with Crippen LogP contribution in [0.15, 0.2) is 36.4 Å². The molecule has 2 nitrogen and oxygen atoms in total. The first kappa shape index (κ1) is 11.6. The molecule has 0 saturated carbocycles. The van der Waals surface area contributed by atoms with Crippen molar-refractivity contribution in [1.29, 1.82) is 0 Å². The monoisotopic (exact) mass is 259 g/mol. The van der Waals surface area contributed by atoms with Crippen molar-refractivity contribution < 1.29 is 9.13 Å². The summed E-state index contributed by atoms with van der Waals surface area (Å²) in [4.78, 5) is 2.54. The van der Waals surface area contributed by atoms with Gasteiger partial charge in [-0.05, 0) is 24.1 Å². The quantitative estimate of drug-likeness (QED) is 0.772. The first-order valence-electron chi connectivity index (χ1n) is 7.10. The van der Waals surface area contributed by atoms with Crippen molar-refractivity contribution in [2.75, 3.05) is 19.6 Å². The molecule has 4 rings (SSSR count). The lowest BCUT2D eigenvalue weighted by molar-refractivity contribution is 0.0851. The van der Waals surface area contributed by atoms with Crippen LogP contribution in [-0.2, 0) is 11.2 Å². The highest BCUT2D eigenvalue weighted by Gasteiger charge is 2.50. The number of rotatable bonds is 3. The van der Waals surface area contributed by atoms with Gasteiger partial charge >= 0.3 is 0 Å². The second kappa shape index (κ2) is 4.43. The number of nitrogens with zero attached hydrogens (tertiary/aromatic N) is 1. The van der Waals surface area contributed by atoms with Crippen molar-refractivity contribution in [3.05, 3.63) is 47.8 Å². The summed E-state index contributed by atoms with van der Waals surface area (Å²) in [6.45, 7) is 3.37. The van der Waals surface area contributed by atoms with E-state index in [4.69, 9.17) is 4.74 Å². The maximum Gasteiger partial charge on any atom is 0.123 e. The molecular formula is C16H18FNO. The molecule has 100 valence electrons. The van der Waals surface area contributed by atoms with E-state index in [9.17, 15) is 4.39 Å². The van der Waals surface area contributed by atoms with E-state index in [0.717, 1.165) is 26.1 Å². The van der Waals surface area contributed by atoms with Crippen LogP contribution in [0.2, 0.25) is 0 Å². The fourth-order valence-corrected chi connectivity index (χ4v) is 3.74. The van der Waals surface area contributed by atoms with Crippen molar-refractivity contribution in [2.24, 2.45) is 11.8 Å². The Morgan fingerprint density at radius 1 is 1.05 bits per heavy atom. The molecule has 0 radical (unpaired) electrons. The third-order valence-corrected chi connectivity index (χ3v) is 4.77. The normalized spacial score (nSPS) is 36.1. The van der Waals surface area contributed by atoms with E-state index in [-0.39, 0.29) is 5.82 Å². The molecule has 3 aliphatic heterocycles. The Morgan fingerprint density at radius 3 is 2.32 bits per heavy atom. The Bertz CT molecular complexity index is 478. The highest BCUT2D eigenvalue weighted by atomic mass is 19.1. The van der Waals surface area contributed by atoms with E-state index in [1.165, 1.54) is 5.56 Å². The van der Waals surface area contributed by atoms with E-state index >= 15 is 0 Å². The van der Waals surface area contributed by atoms with E-state index in [1.807, 2.05) is 12.1 Å². The van der Waals surface area contributed by atoms with Crippen LogP contribution < -0.4 is 0 Å². The first-order chi connectivity index (χ1) is 9.29. The molecule has 3 aliphatic rings. The number of hydrogen-bond acceptors (Lipinski definition) is 2. The largest absolute Gasteiger partial charge is 0.366 e. The molecule has 0 aromatic heterocycles. The molecule has 2 saturated heterocycles. The van der Waals surface area contributed by atoms with Gasteiger partial charge in [0, 0.05) is 31.5 Å². The van der Waals surface area contributed by atoms with Crippen LogP contribution in [0.1, 0.15) is 5.56 Å². The van der Waals surface area contributed by atoms with Gasteiger partial charge in [0.1, 0.15) is 5.82 Å². The topological polar surface area (TPSA) is 12.5 Å².